The average Bonchev–Trinajstić information content (AvgIpc) is 2.79. The first-order valence-electron chi connectivity index (χ1n) is 10.2. The molecule has 2 aromatic heterocycles. The minimum absolute atomic E-state index is 0.0501. The molecule has 4 rings (SSSR count). The molecule has 3 aromatic rings. The van der Waals surface area contributed by atoms with E-state index in [0.29, 0.717) is 10.6 Å². The number of halogens is 6. The van der Waals surface area contributed by atoms with Gasteiger partial charge in [0.05, 0.1) is 33.6 Å². The number of aromatic nitrogens is 3. The number of alkyl halides is 2. The van der Waals surface area contributed by atoms with E-state index in [1.807, 2.05) is 6.07 Å². The first-order chi connectivity index (χ1) is 16.5. The number of benzene rings is 1. The summed E-state index contributed by atoms with van der Waals surface area (Å²) in [6.45, 7) is -1.09. The van der Waals surface area contributed by atoms with Crippen LogP contribution < -0.4 is 16.1 Å². The molecule has 1 saturated heterocycles. The summed E-state index contributed by atoms with van der Waals surface area (Å²) in [6.07, 6.45) is 1.29. The number of anilines is 1. The van der Waals surface area contributed by atoms with Crippen molar-refractivity contribution >= 4 is 29.0 Å². The van der Waals surface area contributed by atoms with Crippen molar-refractivity contribution in [1.82, 2.24) is 14.1 Å². The number of pyridine rings is 1. The number of rotatable bonds is 4. The Hall–Kier alpha value is -3.36. The number of nitrogens with zero attached hydrogens (tertiary/aromatic N) is 5. The minimum Gasteiger partial charge on any atom is -0.357 e. The van der Waals surface area contributed by atoms with Gasteiger partial charge in [-0.05, 0) is 23.8 Å². The zero-order valence-electron chi connectivity index (χ0n) is 17.7. The lowest BCUT2D eigenvalue weighted by atomic mass is 10.0. The summed E-state index contributed by atoms with van der Waals surface area (Å²) < 4.78 is 57.5. The summed E-state index contributed by atoms with van der Waals surface area (Å²) >= 11 is 11.8. The van der Waals surface area contributed by atoms with Crippen molar-refractivity contribution in [3.63, 3.8) is 0 Å². The fourth-order valence-electron chi connectivity index (χ4n) is 3.93. The van der Waals surface area contributed by atoms with E-state index < -0.39 is 53.2 Å². The molecule has 1 aliphatic rings. The van der Waals surface area contributed by atoms with E-state index in [-0.39, 0.29) is 40.7 Å². The largest absolute Gasteiger partial charge is 0.357 e. The molecule has 0 aliphatic carbocycles. The van der Waals surface area contributed by atoms with Gasteiger partial charge in [0.1, 0.15) is 12.4 Å². The Balaban J connectivity index is 2.11. The minimum atomic E-state index is -2.95. The standard InChI is InChI=1S/C22H15Cl2F4N5O2/c23-13-9-14(11-30-10-13)33-20(34)17(12-7-15(24)18(26)16(25)8-12)19(32(6-3-29)21(33)35)31-4-1-22(27,28)2-5-31/h7-11H,1-2,4-6H2. The van der Waals surface area contributed by atoms with Crippen LogP contribution in [0.25, 0.3) is 16.8 Å². The van der Waals surface area contributed by atoms with Gasteiger partial charge in [-0.15, -0.1) is 0 Å². The van der Waals surface area contributed by atoms with E-state index in [0.717, 1.165) is 10.6 Å². The molecule has 1 aromatic carbocycles. The van der Waals surface area contributed by atoms with Crippen LogP contribution in [0, 0.1) is 23.0 Å². The van der Waals surface area contributed by atoms with Crippen LogP contribution in [-0.2, 0) is 6.54 Å². The Morgan fingerprint density at radius 1 is 1.09 bits per heavy atom. The van der Waals surface area contributed by atoms with E-state index in [1.54, 1.807) is 0 Å². The van der Waals surface area contributed by atoms with Gasteiger partial charge in [0, 0.05) is 32.1 Å². The van der Waals surface area contributed by atoms with Crippen molar-refractivity contribution in [2.45, 2.75) is 25.3 Å². The molecule has 35 heavy (non-hydrogen) atoms. The Labute approximate surface area is 205 Å². The third-order valence-corrected chi connectivity index (χ3v) is 6.04. The lowest BCUT2D eigenvalue weighted by Gasteiger charge is -2.35. The van der Waals surface area contributed by atoms with Gasteiger partial charge >= 0.3 is 5.69 Å². The van der Waals surface area contributed by atoms with Gasteiger partial charge in [-0.3, -0.25) is 14.3 Å². The predicted molar refractivity (Wildman–Crippen MR) is 121 cm³/mol. The van der Waals surface area contributed by atoms with Crippen molar-refractivity contribution in [1.29, 1.82) is 5.26 Å². The maximum absolute atomic E-state index is 14.3. The third-order valence-electron chi connectivity index (χ3n) is 5.56. The van der Waals surface area contributed by atoms with Gasteiger partial charge in [0.25, 0.3) is 11.5 Å². The van der Waals surface area contributed by atoms with E-state index in [2.05, 4.69) is 4.98 Å². The molecule has 7 nitrogen and oxygen atoms in total. The average molecular weight is 528 g/mol. The van der Waals surface area contributed by atoms with Crippen LogP contribution in [0.2, 0.25) is 10.0 Å². The Kier molecular flexibility index (Phi) is 6.62. The Morgan fingerprint density at radius 2 is 1.77 bits per heavy atom. The molecule has 0 radical (unpaired) electrons. The summed E-state index contributed by atoms with van der Waals surface area (Å²) in [7, 11) is 0. The maximum atomic E-state index is 14.3. The van der Waals surface area contributed by atoms with Crippen LogP contribution in [0.4, 0.5) is 23.4 Å². The second-order valence-electron chi connectivity index (χ2n) is 7.82. The number of piperidine rings is 1. The van der Waals surface area contributed by atoms with Crippen molar-refractivity contribution in [3.05, 3.63) is 73.1 Å². The quantitative estimate of drug-likeness (QED) is 0.370. The second-order valence-corrected chi connectivity index (χ2v) is 8.67. The van der Waals surface area contributed by atoms with Crippen LogP contribution in [0.3, 0.4) is 0 Å². The number of hydrogen-bond donors (Lipinski definition) is 0. The highest BCUT2D eigenvalue weighted by Gasteiger charge is 2.37. The molecular weight excluding hydrogens is 513 g/mol. The molecule has 182 valence electrons. The highest BCUT2D eigenvalue weighted by atomic mass is 35.5. The first-order valence-corrected chi connectivity index (χ1v) is 10.9. The van der Waals surface area contributed by atoms with Crippen molar-refractivity contribution in [3.8, 4) is 22.9 Å². The molecule has 0 spiro atoms. The molecule has 3 heterocycles. The van der Waals surface area contributed by atoms with Gasteiger partial charge in [0.15, 0.2) is 11.6 Å². The molecule has 0 atom stereocenters. The topological polar surface area (TPSA) is 83.9 Å². The van der Waals surface area contributed by atoms with Crippen molar-refractivity contribution in [2.24, 2.45) is 0 Å². The SMILES string of the molecule is N#CCn1c(N2CCC(F)(F)CC2)c(-c2cc(F)c(F)c(Cl)c2)c(=O)n(-c2cncc(Cl)c2)c1=O. The van der Waals surface area contributed by atoms with Crippen LogP contribution in [-0.4, -0.2) is 33.1 Å². The van der Waals surface area contributed by atoms with Crippen molar-refractivity contribution < 1.29 is 17.6 Å². The van der Waals surface area contributed by atoms with Gasteiger partial charge in [-0.25, -0.2) is 26.9 Å². The smallest absolute Gasteiger partial charge is 0.338 e. The van der Waals surface area contributed by atoms with Crippen molar-refractivity contribution in [2.75, 3.05) is 18.0 Å². The van der Waals surface area contributed by atoms with E-state index in [1.165, 1.54) is 23.4 Å². The van der Waals surface area contributed by atoms with Gasteiger partial charge < -0.3 is 4.90 Å². The molecule has 0 saturated carbocycles. The van der Waals surface area contributed by atoms with Gasteiger partial charge in [0.2, 0.25) is 0 Å². The van der Waals surface area contributed by atoms with Crippen LogP contribution in [0.1, 0.15) is 12.8 Å². The zero-order valence-corrected chi connectivity index (χ0v) is 19.3. The Morgan fingerprint density at radius 3 is 2.37 bits per heavy atom. The fourth-order valence-corrected chi connectivity index (χ4v) is 4.31. The molecule has 0 amide bonds. The normalized spacial score (nSPS) is 15.2. The maximum Gasteiger partial charge on any atom is 0.338 e. The highest BCUT2D eigenvalue weighted by molar-refractivity contribution is 6.31. The fraction of sp³-hybridized carbons (Fsp3) is 0.273. The second kappa shape index (κ2) is 9.36. The molecular formula is C22H15Cl2F4N5O2. The molecule has 1 fully saturated rings. The lowest BCUT2D eigenvalue weighted by Crippen LogP contribution is -2.47. The summed E-state index contributed by atoms with van der Waals surface area (Å²) in [6, 6.07) is 4.78. The molecule has 13 heteroatoms. The summed E-state index contributed by atoms with van der Waals surface area (Å²) in [5.41, 5.74) is -2.54. The summed E-state index contributed by atoms with van der Waals surface area (Å²) in [4.78, 5) is 32.4. The third kappa shape index (κ3) is 4.63. The zero-order chi connectivity index (χ0) is 25.5. The molecule has 0 bridgehead atoms. The summed E-state index contributed by atoms with van der Waals surface area (Å²) in [5.74, 6) is -5.84. The first kappa shape index (κ1) is 24.8. The van der Waals surface area contributed by atoms with Gasteiger partial charge in [-0.2, -0.15) is 5.26 Å². The molecule has 1 aliphatic heterocycles. The number of hydrogen-bond acceptors (Lipinski definition) is 5. The van der Waals surface area contributed by atoms with Crippen LogP contribution >= 0.6 is 23.2 Å². The summed E-state index contributed by atoms with van der Waals surface area (Å²) in [5, 5.41) is 8.87. The Bertz CT molecular complexity index is 1450. The van der Waals surface area contributed by atoms with Crippen LogP contribution in [0.5, 0.6) is 0 Å². The van der Waals surface area contributed by atoms with E-state index in [9.17, 15) is 32.4 Å². The highest BCUT2D eigenvalue weighted by Crippen LogP contribution is 2.35. The van der Waals surface area contributed by atoms with Gasteiger partial charge in [-0.1, -0.05) is 23.2 Å². The monoisotopic (exact) mass is 527 g/mol. The predicted octanol–water partition coefficient (Wildman–Crippen LogP) is 4.41. The molecule has 0 N–H and O–H groups in total. The van der Waals surface area contributed by atoms with E-state index in [4.69, 9.17) is 23.2 Å². The lowest BCUT2D eigenvalue weighted by molar-refractivity contribution is -0.0222. The number of nitriles is 1. The van der Waals surface area contributed by atoms with Crippen LogP contribution in [0.15, 0.2) is 40.2 Å². The van der Waals surface area contributed by atoms with E-state index >= 15 is 0 Å². The molecule has 0 unspecified atom stereocenters.